The fourth-order valence-corrected chi connectivity index (χ4v) is 1.73. The van der Waals surface area contributed by atoms with Gasteiger partial charge >= 0.3 is 6.03 Å². The molecule has 5 heteroatoms. The quantitative estimate of drug-likeness (QED) is 0.659. The van der Waals surface area contributed by atoms with Gasteiger partial charge in [-0.05, 0) is 50.1 Å². The number of nitrogens with one attached hydrogen (secondary N) is 3. The van der Waals surface area contributed by atoms with E-state index in [1.54, 1.807) is 7.11 Å². The van der Waals surface area contributed by atoms with Crippen LogP contribution in [0.25, 0.3) is 0 Å². The summed E-state index contributed by atoms with van der Waals surface area (Å²) in [5, 5.41) is 9.02. The number of hydrogen-bond acceptors (Lipinski definition) is 3. The first-order valence-corrected chi connectivity index (χ1v) is 6.70. The normalized spacial score (nSPS) is 13.9. The summed E-state index contributed by atoms with van der Waals surface area (Å²) in [6, 6.07) is 7.81. The van der Waals surface area contributed by atoms with Gasteiger partial charge in [0.2, 0.25) is 0 Å². The third-order valence-corrected chi connectivity index (χ3v) is 3.00. The van der Waals surface area contributed by atoms with Crippen molar-refractivity contribution in [2.45, 2.75) is 25.3 Å². The highest BCUT2D eigenvalue weighted by Crippen LogP contribution is 2.18. The minimum absolute atomic E-state index is 0.170. The lowest BCUT2D eigenvalue weighted by Gasteiger charge is -2.08. The van der Waals surface area contributed by atoms with E-state index in [1.165, 1.54) is 12.8 Å². The number of carbonyl (C=O) groups excluding carboxylic acids is 1. The van der Waals surface area contributed by atoms with Gasteiger partial charge in [0.05, 0.1) is 7.11 Å². The molecule has 0 aliphatic heterocycles. The molecular formula is C14H21N3O2. The molecule has 0 saturated heterocycles. The summed E-state index contributed by atoms with van der Waals surface area (Å²) in [7, 11) is 1.62. The smallest absolute Gasteiger partial charge is 0.319 e. The van der Waals surface area contributed by atoms with E-state index in [9.17, 15) is 4.79 Å². The highest BCUT2D eigenvalue weighted by atomic mass is 16.5. The fraction of sp³-hybridized carbons (Fsp3) is 0.500. The Bertz CT molecular complexity index is 402. The monoisotopic (exact) mass is 263 g/mol. The summed E-state index contributed by atoms with van der Waals surface area (Å²) in [6.07, 6.45) is 3.54. The van der Waals surface area contributed by atoms with Crippen molar-refractivity contribution in [1.29, 1.82) is 0 Å². The Balaban J connectivity index is 1.59. The maximum absolute atomic E-state index is 11.6. The Labute approximate surface area is 113 Å². The summed E-state index contributed by atoms with van der Waals surface area (Å²) in [5.74, 6) is 0.775. The van der Waals surface area contributed by atoms with E-state index in [2.05, 4.69) is 16.0 Å². The maximum Gasteiger partial charge on any atom is 0.319 e. The van der Waals surface area contributed by atoms with Crippen molar-refractivity contribution in [2.75, 3.05) is 25.5 Å². The first-order chi connectivity index (χ1) is 9.28. The molecule has 19 heavy (non-hydrogen) atoms. The highest BCUT2D eigenvalue weighted by molar-refractivity contribution is 5.89. The first kappa shape index (κ1) is 13.7. The summed E-state index contributed by atoms with van der Waals surface area (Å²) in [4.78, 5) is 11.6. The zero-order chi connectivity index (χ0) is 13.5. The largest absolute Gasteiger partial charge is 0.497 e. The van der Waals surface area contributed by atoms with E-state index in [0.29, 0.717) is 6.54 Å². The molecule has 1 aliphatic carbocycles. The zero-order valence-electron chi connectivity index (χ0n) is 11.2. The Kier molecular flexibility index (Phi) is 5.03. The van der Waals surface area contributed by atoms with Gasteiger partial charge in [0, 0.05) is 18.3 Å². The van der Waals surface area contributed by atoms with Crippen molar-refractivity contribution in [3.63, 3.8) is 0 Å². The molecule has 1 fully saturated rings. The number of amides is 2. The van der Waals surface area contributed by atoms with Gasteiger partial charge in [0.15, 0.2) is 0 Å². The number of anilines is 1. The number of carbonyl (C=O) groups is 1. The lowest BCUT2D eigenvalue weighted by Crippen LogP contribution is -2.31. The van der Waals surface area contributed by atoms with Gasteiger partial charge in [-0.25, -0.2) is 4.79 Å². The average molecular weight is 263 g/mol. The standard InChI is InChI=1S/C14H21N3O2/c1-19-13-7-5-12(6-8-13)17-14(18)16-10-2-9-15-11-3-4-11/h5-8,11,15H,2-4,9-10H2,1H3,(H2,16,17,18). The molecular weight excluding hydrogens is 242 g/mol. The number of hydrogen-bond donors (Lipinski definition) is 3. The minimum Gasteiger partial charge on any atom is -0.497 e. The van der Waals surface area contributed by atoms with Crippen LogP contribution >= 0.6 is 0 Å². The predicted molar refractivity (Wildman–Crippen MR) is 75.7 cm³/mol. The van der Waals surface area contributed by atoms with Gasteiger partial charge in [0.25, 0.3) is 0 Å². The van der Waals surface area contributed by atoms with E-state index >= 15 is 0 Å². The Morgan fingerprint density at radius 3 is 2.63 bits per heavy atom. The molecule has 0 atom stereocenters. The van der Waals surface area contributed by atoms with E-state index in [-0.39, 0.29) is 6.03 Å². The van der Waals surface area contributed by atoms with Crippen molar-refractivity contribution in [2.24, 2.45) is 0 Å². The number of urea groups is 1. The molecule has 0 radical (unpaired) electrons. The molecule has 3 N–H and O–H groups in total. The van der Waals surface area contributed by atoms with Crippen LogP contribution in [0.5, 0.6) is 5.75 Å². The van der Waals surface area contributed by atoms with Crippen LogP contribution in [0.15, 0.2) is 24.3 Å². The van der Waals surface area contributed by atoms with Crippen LogP contribution in [0.3, 0.4) is 0 Å². The van der Waals surface area contributed by atoms with E-state index < -0.39 is 0 Å². The molecule has 0 aromatic heterocycles. The third-order valence-electron chi connectivity index (χ3n) is 3.00. The zero-order valence-corrected chi connectivity index (χ0v) is 11.2. The molecule has 1 aromatic rings. The van der Waals surface area contributed by atoms with Crippen LogP contribution in [0.4, 0.5) is 10.5 Å². The molecule has 2 amide bonds. The molecule has 1 aliphatic rings. The highest BCUT2D eigenvalue weighted by Gasteiger charge is 2.19. The fourth-order valence-electron chi connectivity index (χ4n) is 1.73. The van der Waals surface area contributed by atoms with Crippen molar-refractivity contribution in [1.82, 2.24) is 10.6 Å². The molecule has 2 rings (SSSR count). The van der Waals surface area contributed by atoms with Gasteiger partial charge in [-0.3, -0.25) is 0 Å². The van der Waals surface area contributed by atoms with E-state index in [0.717, 1.165) is 30.4 Å². The molecule has 1 saturated carbocycles. The molecule has 0 spiro atoms. The van der Waals surface area contributed by atoms with Crippen LogP contribution in [-0.2, 0) is 0 Å². The Morgan fingerprint density at radius 1 is 1.26 bits per heavy atom. The summed E-state index contributed by atoms with van der Waals surface area (Å²) >= 11 is 0. The maximum atomic E-state index is 11.6. The number of rotatable bonds is 7. The van der Waals surface area contributed by atoms with E-state index in [4.69, 9.17) is 4.74 Å². The topological polar surface area (TPSA) is 62.4 Å². The molecule has 104 valence electrons. The number of ether oxygens (including phenoxy) is 1. The Hall–Kier alpha value is -1.75. The van der Waals surface area contributed by atoms with Crippen LogP contribution in [0.2, 0.25) is 0 Å². The second-order valence-electron chi connectivity index (χ2n) is 4.69. The second kappa shape index (κ2) is 6.99. The first-order valence-electron chi connectivity index (χ1n) is 6.70. The third kappa shape index (κ3) is 5.18. The summed E-state index contributed by atoms with van der Waals surface area (Å²) in [5.41, 5.74) is 0.759. The van der Waals surface area contributed by atoms with Crippen molar-refractivity contribution < 1.29 is 9.53 Å². The van der Waals surface area contributed by atoms with Gasteiger partial charge in [-0.2, -0.15) is 0 Å². The molecule has 0 bridgehead atoms. The average Bonchev–Trinajstić information content (AvgIpc) is 3.23. The lowest BCUT2D eigenvalue weighted by atomic mass is 10.3. The van der Waals surface area contributed by atoms with Crippen LogP contribution in [0, 0.1) is 0 Å². The van der Waals surface area contributed by atoms with Crippen molar-refractivity contribution in [3.8, 4) is 5.75 Å². The summed E-state index contributed by atoms with van der Waals surface area (Å²) < 4.78 is 5.06. The predicted octanol–water partition coefficient (Wildman–Crippen LogP) is 1.96. The summed E-state index contributed by atoms with van der Waals surface area (Å²) in [6.45, 7) is 1.65. The minimum atomic E-state index is -0.170. The van der Waals surface area contributed by atoms with Gasteiger partial charge in [0.1, 0.15) is 5.75 Å². The molecule has 0 heterocycles. The van der Waals surface area contributed by atoms with Crippen molar-refractivity contribution in [3.05, 3.63) is 24.3 Å². The lowest BCUT2D eigenvalue weighted by molar-refractivity contribution is 0.252. The van der Waals surface area contributed by atoms with Crippen LogP contribution in [0.1, 0.15) is 19.3 Å². The van der Waals surface area contributed by atoms with Gasteiger partial charge in [-0.1, -0.05) is 0 Å². The van der Waals surface area contributed by atoms with Crippen LogP contribution in [-0.4, -0.2) is 32.3 Å². The number of benzene rings is 1. The van der Waals surface area contributed by atoms with Crippen LogP contribution < -0.4 is 20.7 Å². The Morgan fingerprint density at radius 2 is 2.00 bits per heavy atom. The van der Waals surface area contributed by atoms with Crippen molar-refractivity contribution >= 4 is 11.7 Å². The number of methoxy groups -OCH3 is 1. The molecule has 1 aromatic carbocycles. The SMILES string of the molecule is COc1ccc(NC(=O)NCCCNC2CC2)cc1. The van der Waals surface area contributed by atoms with E-state index in [1.807, 2.05) is 24.3 Å². The van der Waals surface area contributed by atoms with Gasteiger partial charge < -0.3 is 20.7 Å². The van der Waals surface area contributed by atoms with Gasteiger partial charge in [-0.15, -0.1) is 0 Å². The molecule has 0 unspecified atom stereocenters. The molecule has 5 nitrogen and oxygen atoms in total. The second-order valence-corrected chi connectivity index (χ2v) is 4.69.